The van der Waals surface area contributed by atoms with Crippen molar-refractivity contribution in [1.29, 1.82) is 0 Å². The first-order chi connectivity index (χ1) is 8.23. The number of rotatable bonds is 2. The van der Waals surface area contributed by atoms with Crippen LogP contribution in [-0.2, 0) is 4.79 Å². The summed E-state index contributed by atoms with van der Waals surface area (Å²) < 4.78 is 0. The van der Waals surface area contributed by atoms with E-state index in [1.165, 1.54) is 38.5 Å². The molecule has 2 unspecified atom stereocenters. The van der Waals surface area contributed by atoms with Gasteiger partial charge in [0.1, 0.15) is 0 Å². The molecule has 18 heavy (non-hydrogen) atoms. The maximum atomic E-state index is 11.0. The number of hydrogen-bond donors (Lipinski definition) is 0. The second kappa shape index (κ2) is 3.40. The Morgan fingerprint density at radius 1 is 1.11 bits per heavy atom. The number of aliphatic carboxylic acids is 1. The largest absolute Gasteiger partial charge is 0.545 e. The highest BCUT2D eigenvalue weighted by Gasteiger charge is 2.59. The van der Waals surface area contributed by atoms with E-state index in [2.05, 4.69) is 13.8 Å². The topological polar surface area (TPSA) is 40.1 Å². The van der Waals surface area contributed by atoms with Gasteiger partial charge in [0, 0.05) is 0 Å². The van der Waals surface area contributed by atoms with E-state index in [1.807, 2.05) is 6.08 Å². The SMILES string of the molecule is C/C(=C\C12CC3CC(C)(CC(C)(C3)C1)C2)C(=O)[O-]. The lowest BCUT2D eigenvalue weighted by Gasteiger charge is -2.65. The van der Waals surface area contributed by atoms with Gasteiger partial charge in [0.15, 0.2) is 0 Å². The first-order valence-electron chi connectivity index (χ1n) is 7.14. The molecular weight excluding hydrogens is 224 g/mol. The molecule has 0 aromatic rings. The van der Waals surface area contributed by atoms with Crippen LogP contribution in [0, 0.1) is 22.2 Å². The predicted molar refractivity (Wildman–Crippen MR) is 68.6 cm³/mol. The third-order valence-electron chi connectivity index (χ3n) is 5.51. The van der Waals surface area contributed by atoms with Crippen LogP contribution in [0.4, 0.5) is 0 Å². The Morgan fingerprint density at radius 3 is 2.11 bits per heavy atom. The van der Waals surface area contributed by atoms with Gasteiger partial charge in [0.2, 0.25) is 0 Å². The summed E-state index contributed by atoms with van der Waals surface area (Å²) in [6, 6.07) is 0. The maximum absolute atomic E-state index is 11.0. The molecule has 0 amide bonds. The van der Waals surface area contributed by atoms with Crippen molar-refractivity contribution < 1.29 is 9.90 Å². The molecule has 100 valence electrons. The third-order valence-corrected chi connectivity index (χ3v) is 5.51. The van der Waals surface area contributed by atoms with Crippen LogP contribution in [0.2, 0.25) is 0 Å². The molecule has 4 bridgehead atoms. The highest BCUT2D eigenvalue weighted by molar-refractivity contribution is 5.84. The zero-order valence-electron chi connectivity index (χ0n) is 11.7. The number of carbonyl (C=O) groups is 1. The number of carboxylic acid groups (broad SMARTS) is 1. The van der Waals surface area contributed by atoms with Crippen LogP contribution >= 0.6 is 0 Å². The maximum Gasteiger partial charge on any atom is 0.0669 e. The second-order valence-electron chi connectivity index (χ2n) is 8.11. The molecule has 0 saturated heterocycles. The van der Waals surface area contributed by atoms with Crippen molar-refractivity contribution in [2.75, 3.05) is 0 Å². The van der Waals surface area contributed by atoms with E-state index in [0.29, 0.717) is 16.4 Å². The van der Waals surface area contributed by atoms with E-state index in [9.17, 15) is 9.90 Å². The fourth-order valence-corrected chi connectivity index (χ4v) is 6.22. The predicted octanol–water partition coefficient (Wildman–Crippen LogP) is 2.68. The molecule has 0 spiro atoms. The minimum atomic E-state index is -0.999. The molecule has 0 radical (unpaired) electrons. The summed E-state index contributed by atoms with van der Waals surface area (Å²) in [6.45, 7) is 6.51. The Kier molecular flexibility index (Phi) is 2.31. The van der Waals surface area contributed by atoms with Gasteiger partial charge in [0.05, 0.1) is 5.97 Å². The van der Waals surface area contributed by atoms with E-state index in [4.69, 9.17) is 0 Å². The van der Waals surface area contributed by atoms with Crippen LogP contribution in [0.15, 0.2) is 11.6 Å². The summed E-state index contributed by atoms with van der Waals surface area (Å²) in [5, 5.41) is 11.0. The highest BCUT2D eigenvalue weighted by atomic mass is 16.4. The molecule has 4 rings (SSSR count). The smallest absolute Gasteiger partial charge is 0.0669 e. The van der Waals surface area contributed by atoms with Crippen molar-refractivity contribution >= 4 is 5.97 Å². The zero-order chi connectivity index (χ0) is 13.2. The number of carbonyl (C=O) groups excluding carboxylic acids is 1. The fraction of sp³-hybridized carbons (Fsp3) is 0.812. The first-order valence-corrected chi connectivity index (χ1v) is 7.14. The Bertz CT molecular complexity index is 416. The molecule has 2 atom stereocenters. The highest BCUT2D eigenvalue weighted by Crippen LogP contribution is 2.70. The Labute approximate surface area is 109 Å². The molecule has 0 aromatic carbocycles. The lowest BCUT2D eigenvalue weighted by molar-refractivity contribution is -0.299. The quantitative estimate of drug-likeness (QED) is 0.704. The number of carboxylic acids is 1. The standard InChI is InChI=1S/C16H24O2/c1-11(13(17)18)4-16-7-12-5-14(2,9-16)8-15(3,6-12)10-16/h4,12H,5-10H2,1-3H3,(H,17,18)/p-1/b11-4+. The van der Waals surface area contributed by atoms with E-state index in [-0.39, 0.29) is 5.41 Å². The van der Waals surface area contributed by atoms with Gasteiger partial charge in [0.25, 0.3) is 0 Å². The molecule has 0 aromatic heterocycles. The van der Waals surface area contributed by atoms with Crippen molar-refractivity contribution in [3.05, 3.63) is 11.6 Å². The summed E-state index contributed by atoms with van der Waals surface area (Å²) in [7, 11) is 0. The molecule has 0 aliphatic heterocycles. The third kappa shape index (κ3) is 1.81. The zero-order valence-corrected chi connectivity index (χ0v) is 11.7. The fourth-order valence-electron chi connectivity index (χ4n) is 6.22. The number of hydrogen-bond acceptors (Lipinski definition) is 2. The Balaban J connectivity index is 1.99. The summed E-state index contributed by atoms with van der Waals surface area (Å²) in [4.78, 5) is 11.0. The van der Waals surface area contributed by atoms with Gasteiger partial charge in [-0.15, -0.1) is 0 Å². The molecule has 4 aliphatic carbocycles. The summed E-state index contributed by atoms with van der Waals surface area (Å²) in [5.74, 6) is -0.192. The van der Waals surface area contributed by atoms with Crippen LogP contribution in [0.3, 0.4) is 0 Å². The molecule has 4 fully saturated rings. The van der Waals surface area contributed by atoms with E-state index >= 15 is 0 Å². The monoisotopic (exact) mass is 247 g/mol. The van der Waals surface area contributed by atoms with Gasteiger partial charge in [-0.25, -0.2) is 0 Å². The van der Waals surface area contributed by atoms with Crippen LogP contribution < -0.4 is 5.11 Å². The van der Waals surface area contributed by atoms with Crippen LogP contribution in [-0.4, -0.2) is 5.97 Å². The van der Waals surface area contributed by atoms with Crippen molar-refractivity contribution in [3.63, 3.8) is 0 Å². The summed E-state index contributed by atoms with van der Waals surface area (Å²) in [5.41, 5.74) is 1.46. The van der Waals surface area contributed by atoms with Crippen molar-refractivity contribution in [2.45, 2.75) is 59.3 Å². The molecule has 2 heteroatoms. The molecule has 0 N–H and O–H groups in total. The molecule has 4 aliphatic rings. The first kappa shape index (κ1) is 12.3. The minimum absolute atomic E-state index is 0.146. The normalized spacial score (nSPS) is 50.6. The second-order valence-corrected chi connectivity index (χ2v) is 8.11. The van der Waals surface area contributed by atoms with E-state index in [1.54, 1.807) is 6.92 Å². The van der Waals surface area contributed by atoms with Gasteiger partial charge in [-0.05, 0) is 73.2 Å². The van der Waals surface area contributed by atoms with Crippen LogP contribution in [0.25, 0.3) is 0 Å². The van der Waals surface area contributed by atoms with Gasteiger partial charge < -0.3 is 9.90 Å². The van der Waals surface area contributed by atoms with Gasteiger partial charge in [-0.3, -0.25) is 0 Å². The summed E-state index contributed by atoms with van der Waals surface area (Å²) >= 11 is 0. The van der Waals surface area contributed by atoms with Crippen LogP contribution in [0.1, 0.15) is 59.3 Å². The molecule has 4 saturated carbocycles. The Morgan fingerprint density at radius 2 is 1.67 bits per heavy atom. The summed E-state index contributed by atoms with van der Waals surface area (Å²) in [6.07, 6.45) is 9.63. The van der Waals surface area contributed by atoms with Crippen molar-refractivity contribution in [1.82, 2.24) is 0 Å². The Hall–Kier alpha value is -0.790. The van der Waals surface area contributed by atoms with E-state index < -0.39 is 5.97 Å². The minimum Gasteiger partial charge on any atom is -0.545 e. The lowest BCUT2D eigenvalue weighted by Crippen LogP contribution is -2.54. The van der Waals surface area contributed by atoms with Crippen molar-refractivity contribution in [3.8, 4) is 0 Å². The average molecular weight is 247 g/mol. The molecule has 2 nitrogen and oxygen atoms in total. The van der Waals surface area contributed by atoms with Crippen molar-refractivity contribution in [2.24, 2.45) is 22.2 Å². The molecule has 0 heterocycles. The van der Waals surface area contributed by atoms with Crippen LogP contribution in [0.5, 0.6) is 0 Å². The average Bonchev–Trinajstić information content (AvgIpc) is 2.09. The molecular formula is C16H23O2-. The number of allylic oxidation sites excluding steroid dienone is 1. The van der Waals surface area contributed by atoms with Gasteiger partial charge >= 0.3 is 0 Å². The van der Waals surface area contributed by atoms with Gasteiger partial charge in [-0.2, -0.15) is 0 Å². The lowest BCUT2D eigenvalue weighted by atomic mass is 9.40. The van der Waals surface area contributed by atoms with Gasteiger partial charge in [-0.1, -0.05) is 19.9 Å². The van der Waals surface area contributed by atoms with E-state index in [0.717, 1.165) is 5.92 Å².